The molecule has 2 aromatic heterocycles. The van der Waals surface area contributed by atoms with Crippen molar-refractivity contribution in [2.45, 2.75) is 19.4 Å². The lowest BCUT2D eigenvalue weighted by molar-refractivity contribution is -0.122. The molecule has 1 atom stereocenters. The van der Waals surface area contributed by atoms with E-state index >= 15 is 0 Å². The van der Waals surface area contributed by atoms with Gasteiger partial charge in [0.25, 0.3) is 0 Å². The summed E-state index contributed by atoms with van der Waals surface area (Å²) in [6, 6.07) is 10.1. The number of fused-ring (bicyclic) bond motifs is 1. The molecule has 0 aliphatic carbocycles. The summed E-state index contributed by atoms with van der Waals surface area (Å²) in [5.41, 5.74) is 4.22. The number of nitrogens with zero attached hydrogens (tertiary/aromatic N) is 5. The number of morpholine rings is 1. The second kappa shape index (κ2) is 10.0. The Balaban J connectivity index is 1.53. The summed E-state index contributed by atoms with van der Waals surface area (Å²) in [6.07, 6.45) is 3.72. The smallest absolute Gasteiger partial charge is 0.242 e. The molecular formula is C24H29N5O3. The lowest BCUT2D eigenvalue weighted by Gasteiger charge is -2.32. The number of ketones is 1. The molecule has 0 N–H and O–H groups in total. The van der Waals surface area contributed by atoms with Gasteiger partial charge < -0.3 is 14.4 Å². The fourth-order valence-corrected chi connectivity index (χ4v) is 3.68. The molecule has 0 bridgehead atoms. The number of aromatic nitrogens is 3. The van der Waals surface area contributed by atoms with Crippen molar-refractivity contribution in [1.29, 1.82) is 0 Å². The van der Waals surface area contributed by atoms with E-state index in [9.17, 15) is 4.79 Å². The first-order valence-corrected chi connectivity index (χ1v) is 10.9. The molecule has 0 spiro atoms. The second-order valence-electron chi connectivity index (χ2n) is 8.11. The van der Waals surface area contributed by atoms with E-state index in [1.54, 1.807) is 12.4 Å². The molecule has 1 fully saturated rings. The maximum absolute atomic E-state index is 11.8. The molecule has 4 rings (SSSR count). The topological polar surface area (TPSA) is 80.7 Å². The summed E-state index contributed by atoms with van der Waals surface area (Å²) < 4.78 is 12.0. The molecule has 1 saturated heterocycles. The Kier molecular flexibility index (Phi) is 6.92. The minimum Gasteiger partial charge on any atom is -0.473 e. The molecule has 0 radical (unpaired) electrons. The van der Waals surface area contributed by atoms with Crippen molar-refractivity contribution < 1.29 is 14.3 Å². The number of hydrogen-bond acceptors (Lipinski definition) is 8. The van der Waals surface area contributed by atoms with Crippen molar-refractivity contribution in [2.24, 2.45) is 0 Å². The molecule has 8 heteroatoms. The summed E-state index contributed by atoms with van der Waals surface area (Å²) in [6.45, 7) is 4.67. The molecule has 1 aliphatic heterocycles. The third-order valence-corrected chi connectivity index (χ3v) is 5.53. The van der Waals surface area contributed by atoms with Crippen LogP contribution in [0.15, 0.2) is 42.7 Å². The predicted octanol–water partition coefficient (Wildman–Crippen LogP) is 2.82. The second-order valence-corrected chi connectivity index (χ2v) is 8.11. The number of carbonyl (C=O) groups excluding carboxylic acids is 1. The number of carbonyl (C=O) groups is 1. The lowest BCUT2D eigenvalue weighted by atomic mass is 10.1. The molecule has 0 unspecified atom stereocenters. The number of anilines is 1. The SMILES string of the molecule is CCC(=O)CN1CCO[C@H](COc2nc(-c3ccc(N(C)C)cc3)cc3nccnc23)C1. The van der Waals surface area contributed by atoms with E-state index in [-0.39, 0.29) is 11.9 Å². The fourth-order valence-electron chi connectivity index (χ4n) is 3.68. The highest BCUT2D eigenvalue weighted by Crippen LogP contribution is 2.28. The number of ether oxygens (including phenoxy) is 2. The first kappa shape index (κ1) is 22.1. The van der Waals surface area contributed by atoms with E-state index < -0.39 is 0 Å². The summed E-state index contributed by atoms with van der Waals surface area (Å²) in [7, 11) is 4.02. The Labute approximate surface area is 188 Å². The van der Waals surface area contributed by atoms with Gasteiger partial charge in [-0.05, 0) is 18.2 Å². The van der Waals surface area contributed by atoms with E-state index in [0.717, 1.165) is 29.0 Å². The number of pyridine rings is 1. The van der Waals surface area contributed by atoms with Crippen LogP contribution in [0.1, 0.15) is 13.3 Å². The normalized spacial score (nSPS) is 16.8. The molecule has 1 aliphatic rings. The minimum absolute atomic E-state index is 0.134. The van der Waals surface area contributed by atoms with Gasteiger partial charge in [-0.25, -0.2) is 9.97 Å². The van der Waals surface area contributed by atoms with Gasteiger partial charge in [-0.2, -0.15) is 0 Å². The van der Waals surface area contributed by atoms with Crippen molar-refractivity contribution in [3.05, 3.63) is 42.7 Å². The number of Topliss-reactive ketones (excluding diaryl/α,β-unsaturated/α-hetero) is 1. The van der Waals surface area contributed by atoms with Gasteiger partial charge in [-0.1, -0.05) is 19.1 Å². The van der Waals surface area contributed by atoms with Crippen molar-refractivity contribution >= 4 is 22.5 Å². The van der Waals surface area contributed by atoms with Crippen LogP contribution in [0.25, 0.3) is 22.3 Å². The van der Waals surface area contributed by atoms with Gasteiger partial charge >= 0.3 is 0 Å². The molecule has 1 aromatic carbocycles. The van der Waals surface area contributed by atoms with Crippen LogP contribution in [-0.4, -0.2) is 78.7 Å². The monoisotopic (exact) mass is 435 g/mol. The van der Waals surface area contributed by atoms with E-state index in [4.69, 9.17) is 14.5 Å². The van der Waals surface area contributed by atoms with Crippen LogP contribution in [0, 0.1) is 0 Å². The highest BCUT2D eigenvalue weighted by atomic mass is 16.5. The maximum Gasteiger partial charge on any atom is 0.242 e. The van der Waals surface area contributed by atoms with Crippen molar-refractivity contribution in [3.63, 3.8) is 0 Å². The molecule has 0 amide bonds. The summed E-state index contributed by atoms with van der Waals surface area (Å²) in [4.78, 5) is 29.6. The Morgan fingerprint density at radius 2 is 2.00 bits per heavy atom. The zero-order valence-corrected chi connectivity index (χ0v) is 18.8. The zero-order valence-electron chi connectivity index (χ0n) is 18.8. The van der Waals surface area contributed by atoms with Crippen LogP contribution in [-0.2, 0) is 9.53 Å². The number of rotatable bonds is 8. The lowest BCUT2D eigenvalue weighted by Crippen LogP contribution is -2.46. The highest BCUT2D eigenvalue weighted by Gasteiger charge is 2.23. The zero-order chi connectivity index (χ0) is 22.5. The van der Waals surface area contributed by atoms with Crippen molar-refractivity contribution in [2.75, 3.05) is 51.8 Å². The third-order valence-electron chi connectivity index (χ3n) is 5.53. The molecule has 8 nitrogen and oxygen atoms in total. The van der Waals surface area contributed by atoms with Crippen LogP contribution >= 0.6 is 0 Å². The Morgan fingerprint density at radius 3 is 2.75 bits per heavy atom. The number of benzene rings is 1. The third kappa shape index (κ3) is 5.20. The summed E-state index contributed by atoms with van der Waals surface area (Å²) in [5, 5.41) is 0. The van der Waals surface area contributed by atoms with E-state index in [1.807, 2.05) is 39.2 Å². The molecular weight excluding hydrogens is 406 g/mol. The predicted molar refractivity (Wildman–Crippen MR) is 124 cm³/mol. The van der Waals surface area contributed by atoms with E-state index in [2.05, 4.69) is 31.9 Å². The van der Waals surface area contributed by atoms with Crippen molar-refractivity contribution in [3.8, 4) is 17.1 Å². The quantitative estimate of drug-likeness (QED) is 0.534. The molecule has 0 saturated carbocycles. The summed E-state index contributed by atoms with van der Waals surface area (Å²) in [5.74, 6) is 0.676. The standard InChI is InChI=1S/C24H29N5O3/c1-4-19(30)14-29-11-12-31-20(15-29)16-32-24-23-22(25-9-10-26-23)13-21(27-24)17-5-7-18(8-6-17)28(2)3/h5-10,13,20H,4,11-12,14-16H2,1-3H3/t20-/m0/s1. The van der Waals surface area contributed by atoms with Crippen molar-refractivity contribution in [1.82, 2.24) is 19.9 Å². The Morgan fingerprint density at radius 1 is 1.22 bits per heavy atom. The van der Waals surface area contributed by atoms with Gasteiger partial charge in [0, 0.05) is 57.3 Å². The highest BCUT2D eigenvalue weighted by molar-refractivity contribution is 5.83. The van der Waals surface area contributed by atoms with Gasteiger partial charge in [0.15, 0.2) is 5.52 Å². The van der Waals surface area contributed by atoms with Crippen LogP contribution in [0.2, 0.25) is 0 Å². The van der Waals surface area contributed by atoms with E-state index in [1.165, 1.54) is 0 Å². The summed E-state index contributed by atoms with van der Waals surface area (Å²) >= 11 is 0. The largest absolute Gasteiger partial charge is 0.473 e. The first-order chi connectivity index (χ1) is 15.5. The van der Waals surface area contributed by atoms with Gasteiger partial charge in [-0.3, -0.25) is 14.7 Å². The van der Waals surface area contributed by atoms with Gasteiger partial charge in [0.1, 0.15) is 18.5 Å². The average Bonchev–Trinajstić information content (AvgIpc) is 2.82. The molecule has 3 heterocycles. The van der Waals surface area contributed by atoms with Crippen LogP contribution in [0.3, 0.4) is 0 Å². The van der Waals surface area contributed by atoms with E-state index in [0.29, 0.717) is 44.1 Å². The molecule has 32 heavy (non-hydrogen) atoms. The fraction of sp³-hybridized carbons (Fsp3) is 0.417. The van der Waals surface area contributed by atoms with Crippen LogP contribution in [0.5, 0.6) is 5.88 Å². The minimum atomic E-state index is -0.134. The van der Waals surface area contributed by atoms with Gasteiger partial charge in [-0.15, -0.1) is 0 Å². The molecule has 3 aromatic rings. The number of hydrogen-bond donors (Lipinski definition) is 0. The average molecular weight is 436 g/mol. The van der Waals surface area contributed by atoms with Crippen LogP contribution in [0.4, 0.5) is 5.69 Å². The molecule has 168 valence electrons. The maximum atomic E-state index is 11.8. The Hall–Kier alpha value is -3.10. The Bertz CT molecular complexity index is 1070. The first-order valence-electron chi connectivity index (χ1n) is 10.9. The van der Waals surface area contributed by atoms with Crippen LogP contribution < -0.4 is 9.64 Å². The van der Waals surface area contributed by atoms with Gasteiger partial charge in [0.2, 0.25) is 5.88 Å². The van der Waals surface area contributed by atoms with Gasteiger partial charge in [0.05, 0.1) is 24.4 Å².